The van der Waals surface area contributed by atoms with Gasteiger partial charge in [-0.1, -0.05) is 36.4 Å². The largest absolute Gasteiger partial charge is 0.494 e. The first-order valence-corrected chi connectivity index (χ1v) is 16.4. The third-order valence-corrected chi connectivity index (χ3v) is 8.34. The van der Waals surface area contributed by atoms with Crippen molar-refractivity contribution in [1.29, 1.82) is 0 Å². The lowest BCUT2D eigenvalue weighted by Gasteiger charge is -2.32. The summed E-state index contributed by atoms with van der Waals surface area (Å²) in [4.78, 5) is 39.0. The van der Waals surface area contributed by atoms with Gasteiger partial charge in [0.25, 0.3) is 10.1 Å². The fourth-order valence-corrected chi connectivity index (χ4v) is 5.20. The Morgan fingerprint density at radius 2 is 1.62 bits per heavy atom. The maximum absolute atomic E-state index is 12.9. The Bertz CT molecular complexity index is 1820. The summed E-state index contributed by atoms with van der Waals surface area (Å²) in [5, 5.41) is 19.5. The number of nitrogens with one attached hydrogen (secondary N) is 1. The molecule has 0 saturated carbocycles. The number of amides is 1. The normalized spacial score (nSPS) is 14.1. The van der Waals surface area contributed by atoms with Gasteiger partial charge in [-0.2, -0.15) is 8.42 Å². The van der Waals surface area contributed by atoms with Gasteiger partial charge in [0.15, 0.2) is 5.88 Å². The fourth-order valence-electron chi connectivity index (χ4n) is 4.97. The molecular weight excluding hydrogens is 642 g/mol. The number of methoxy groups -OCH3 is 1. The Morgan fingerprint density at radius 3 is 2.19 bits per heavy atom. The molecule has 1 fully saturated rings. The highest BCUT2D eigenvalue weighted by Crippen LogP contribution is 2.32. The van der Waals surface area contributed by atoms with Crippen LogP contribution in [0.3, 0.4) is 0 Å². The van der Waals surface area contributed by atoms with Crippen molar-refractivity contribution < 1.29 is 43.0 Å². The molecule has 6 N–H and O–H groups in total. The molecule has 2 heterocycles. The van der Waals surface area contributed by atoms with Crippen molar-refractivity contribution >= 4 is 50.0 Å². The predicted molar refractivity (Wildman–Crippen MR) is 184 cm³/mol. The number of aliphatic imine (C=N–C) groups is 1. The maximum atomic E-state index is 12.9. The van der Waals surface area contributed by atoms with Crippen LogP contribution in [0.1, 0.15) is 21.5 Å². The lowest BCUT2D eigenvalue weighted by Crippen LogP contribution is -2.48. The predicted octanol–water partition coefficient (Wildman–Crippen LogP) is 2.08. The number of H-pyrrole nitrogens is 1. The number of aromatic hydroxyl groups is 1. The van der Waals surface area contributed by atoms with Gasteiger partial charge in [-0.25, -0.2) is 9.79 Å². The smallest absolute Gasteiger partial charge is 0.337 e. The van der Waals surface area contributed by atoms with Crippen molar-refractivity contribution in [3.63, 3.8) is 0 Å². The van der Waals surface area contributed by atoms with Crippen LogP contribution in [0.4, 0.5) is 11.4 Å². The van der Waals surface area contributed by atoms with E-state index in [2.05, 4.69) is 21.8 Å². The van der Waals surface area contributed by atoms with E-state index in [1.807, 2.05) is 54.6 Å². The first-order chi connectivity index (χ1) is 22.4. The van der Waals surface area contributed by atoms with E-state index >= 15 is 0 Å². The highest BCUT2D eigenvalue weighted by molar-refractivity contribution is 7.85. The third-order valence-electron chi connectivity index (χ3n) is 7.64. The van der Waals surface area contributed by atoms with Crippen molar-refractivity contribution in [3.05, 3.63) is 89.5 Å². The highest BCUT2D eigenvalue weighted by Gasteiger charge is 2.21. The number of ether oxygens (including phenoxy) is 1. The van der Waals surface area contributed by atoms with E-state index in [1.54, 1.807) is 30.1 Å². The third kappa shape index (κ3) is 9.93. The Balaban J connectivity index is 0.000000706. The summed E-state index contributed by atoms with van der Waals surface area (Å²) in [6.45, 7) is 3.56. The Morgan fingerprint density at radius 1 is 0.979 bits per heavy atom. The zero-order valence-electron chi connectivity index (χ0n) is 27.0. The van der Waals surface area contributed by atoms with Crippen molar-refractivity contribution in [2.45, 2.75) is 0 Å². The van der Waals surface area contributed by atoms with Gasteiger partial charge in [-0.3, -0.25) is 14.2 Å². The lowest BCUT2D eigenvalue weighted by molar-refractivity contribution is -0.119. The van der Waals surface area contributed by atoms with Gasteiger partial charge in [0.05, 0.1) is 48.5 Å². The number of likely N-dealkylation sites (N-methyl/N-ethyl adjacent to an activating group) is 2. The number of nitrogens with zero attached hydrogens (tertiary/aromatic N) is 4. The molecule has 4 aromatic rings. The van der Waals surface area contributed by atoms with Crippen molar-refractivity contribution in [3.8, 4) is 5.88 Å². The molecule has 0 bridgehead atoms. The molecule has 0 aliphatic carbocycles. The summed E-state index contributed by atoms with van der Waals surface area (Å²) in [5.41, 5.74) is 4.34. The number of esters is 1. The van der Waals surface area contributed by atoms with Crippen LogP contribution in [-0.2, 0) is 19.6 Å². The number of anilines is 1. The number of piperazine rings is 1. The summed E-state index contributed by atoms with van der Waals surface area (Å²) >= 11 is 0. The number of carbonyl (C=O) groups is 2. The topological polar surface area (TPSA) is 208 Å². The second-order valence-electron chi connectivity index (χ2n) is 11.0. The average Bonchev–Trinajstić information content (AvgIpc) is 3.38. The molecule has 15 heteroatoms. The van der Waals surface area contributed by atoms with Crippen molar-refractivity contribution in [2.24, 2.45) is 4.99 Å². The molecule has 48 heavy (non-hydrogen) atoms. The molecule has 0 atom stereocenters. The molecule has 3 aromatic carbocycles. The maximum Gasteiger partial charge on any atom is 0.337 e. The Labute approximate surface area is 278 Å². The lowest BCUT2D eigenvalue weighted by atomic mass is 10.00. The van der Waals surface area contributed by atoms with Crippen LogP contribution < -0.4 is 4.90 Å². The minimum Gasteiger partial charge on any atom is -0.494 e. The Kier molecular flexibility index (Phi) is 13.4. The van der Waals surface area contributed by atoms with E-state index in [4.69, 9.17) is 19.4 Å². The second kappa shape index (κ2) is 17.0. The summed E-state index contributed by atoms with van der Waals surface area (Å²) < 4.78 is 31.9. The van der Waals surface area contributed by atoms with Gasteiger partial charge < -0.3 is 35.2 Å². The number of carbonyl (C=O) groups excluding carboxylic acids is 2. The highest BCUT2D eigenvalue weighted by atomic mass is 32.2. The van der Waals surface area contributed by atoms with E-state index in [0.717, 1.165) is 42.8 Å². The standard InChI is InChI=1S/C31H33N5O4.C2H6O4S.H2O/c1-34-15-17-36(18-16-34)20-27(37)35(2)24-12-10-23(11-13-24)32-29(21-7-5-4-6-8-21)28-25-14-9-22(31(39)40-3)19-26(25)33-30(28)38;3-1-2-7(4,5)6;/h4-14,19,33,38H,15-18,20H2,1-3H3;3H,1-2H2,(H,4,5,6);1H2. The van der Waals surface area contributed by atoms with Crippen LogP contribution in [0.2, 0.25) is 0 Å². The molecule has 1 amide bonds. The number of hydrogen-bond acceptors (Lipinski definition) is 10. The van der Waals surface area contributed by atoms with Gasteiger partial charge in [-0.15, -0.1) is 0 Å². The van der Waals surface area contributed by atoms with Gasteiger partial charge in [0.1, 0.15) is 0 Å². The monoisotopic (exact) mass is 683 g/mol. The molecule has 0 unspecified atom stereocenters. The summed E-state index contributed by atoms with van der Waals surface area (Å²) in [6, 6.07) is 22.2. The SMILES string of the molecule is COC(=O)c1ccc2c(C(=Nc3ccc(N(C)C(=O)CN4CCN(C)CC4)cc3)c3ccccc3)c(O)[nH]c2c1.O.O=S(=O)(O)CCO. The minimum atomic E-state index is -3.92. The van der Waals surface area contributed by atoms with Crippen LogP contribution >= 0.6 is 0 Å². The quantitative estimate of drug-likeness (QED) is 0.115. The molecule has 5 rings (SSSR count). The van der Waals surface area contributed by atoms with Crippen LogP contribution in [0.5, 0.6) is 5.88 Å². The molecule has 0 radical (unpaired) electrons. The van der Waals surface area contributed by atoms with Crippen LogP contribution in [-0.4, -0.2) is 127 Å². The molecule has 14 nitrogen and oxygen atoms in total. The van der Waals surface area contributed by atoms with E-state index in [9.17, 15) is 23.1 Å². The zero-order chi connectivity index (χ0) is 34.1. The van der Waals surface area contributed by atoms with E-state index in [-0.39, 0.29) is 17.3 Å². The molecule has 1 saturated heterocycles. The number of aliphatic hydroxyl groups excluding tert-OH is 1. The first kappa shape index (κ1) is 37.8. The number of rotatable bonds is 9. The van der Waals surface area contributed by atoms with Crippen LogP contribution in [0.15, 0.2) is 77.8 Å². The summed E-state index contributed by atoms with van der Waals surface area (Å²) in [6.07, 6.45) is 0. The van der Waals surface area contributed by atoms with Crippen molar-refractivity contribution in [2.75, 3.05) is 71.2 Å². The molecule has 1 aromatic heterocycles. The molecule has 1 aliphatic rings. The second-order valence-corrected chi connectivity index (χ2v) is 12.6. The average molecular weight is 684 g/mol. The van der Waals surface area contributed by atoms with Crippen molar-refractivity contribution in [1.82, 2.24) is 14.8 Å². The number of aliphatic hydroxyl groups is 1. The Hall–Kier alpha value is -4.64. The number of benzene rings is 3. The number of aromatic amines is 1. The van der Waals surface area contributed by atoms with E-state index in [0.29, 0.717) is 34.6 Å². The molecule has 0 spiro atoms. The number of aromatic nitrogens is 1. The van der Waals surface area contributed by atoms with Gasteiger partial charge in [0, 0.05) is 55.4 Å². The van der Waals surface area contributed by atoms with E-state index < -0.39 is 28.4 Å². The fraction of sp³-hybridized carbons (Fsp3) is 0.303. The zero-order valence-corrected chi connectivity index (χ0v) is 27.8. The minimum absolute atomic E-state index is 0. The van der Waals surface area contributed by atoms with E-state index in [1.165, 1.54) is 7.11 Å². The number of hydrogen-bond donors (Lipinski definition) is 4. The molecule has 258 valence electrons. The molecule has 1 aliphatic heterocycles. The van der Waals surface area contributed by atoms with Crippen LogP contribution in [0, 0.1) is 0 Å². The summed E-state index contributed by atoms with van der Waals surface area (Å²) in [7, 11) is 1.29. The van der Waals surface area contributed by atoms with Gasteiger partial charge in [0.2, 0.25) is 5.91 Å². The number of fused-ring (bicyclic) bond motifs is 1. The summed E-state index contributed by atoms with van der Waals surface area (Å²) in [5.74, 6) is -1.04. The first-order valence-electron chi connectivity index (χ1n) is 14.8. The molecular formula is C33H41N5O9S. The van der Waals surface area contributed by atoms with Gasteiger partial charge in [-0.05, 0) is 43.4 Å². The van der Waals surface area contributed by atoms with Crippen LogP contribution in [0.25, 0.3) is 10.9 Å². The van der Waals surface area contributed by atoms with Gasteiger partial charge >= 0.3 is 5.97 Å².